The zero-order valence-corrected chi connectivity index (χ0v) is 10.4. The standard InChI is InChI=1S/C15H14O4/c1-11(18-12-7-3-2-4-8-12)19-14-10-6-5-9-13(14)15(16)17/h2-11H,1H3,(H,16,17). The molecule has 0 spiro atoms. The predicted octanol–water partition coefficient (Wildman–Crippen LogP) is 3.19. The van der Waals surface area contributed by atoms with Crippen molar-refractivity contribution in [2.24, 2.45) is 0 Å². The summed E-state index contributed by atoms with van der Waals surface area (Å²) < 4.78 is 11.0. The van der Waals surface area contributed by atoms with Crippen molar-refractivity contribution in [3.8, 4) is 11.5 Å². The number of carboxylic acid groups (broad SMARTS) is 1. The Balaban J connectivity index is 2.07. The highest BCUT2D eigenvalue weighted by Crippen LogP contribution is 2.20. The van der Waals surface area contributed by atoms with Gasteiger partial charge in [-0.15, -0.1) is 0 Å². The first-order valence-electron chi connectivity index (χ1n) is 5.87. The molecule has 1 unspecified atom stereocenters. The lowest BCUT2D eigenvalue weighted by Gasteiger charge is -2.17. The van der Waals surface area contributed by atoms with E-state index in [0.29, 0.717) is 11.5 Å². The number of rotatable bonds is 5. The van der Waals surface area contributed by atoms with E-state index in [-0.39, 0.29) is 5.56 Å². The molecule has 19 heavy (non-hydrogen) atoms. The second kappa shape index (κ2) is 5.91. The van der Waals surface area contributed by atoms with Crippen molar-refractivity contribution < 1.29 is 19.4 Å². The molecule has 4 nitrogen and oxygen atoms in total. The summed E-state index contributed by atoms with van der Waals surface area (Å²) in [7, 11) is 0. The highest BCUT2D eigenvalue weighted by Gasteiger charge is 2.13. The predicted molar refractivity (Wildman–Crippen MR) is 70.6 cm³/mol. The average molecular weight is 258 g/mol. The highest BCUT2D eigenvalue weighted by atomic mass is 16.7. The molecule has 0 amide bonds. The maximum atomic E-state index is 11.0. The molecular weight excluding hydrogens is 244 g/mol. The molecule has 0 heterocycles. The molecular formula is C15H14O4. The maximum Gasteiger partial charge on any atom is 0.339 e. The van der Waals surface area contributed by atoms with Crippen LogP contribution in [0, 0.1) is 0 Å². The van der Waals surface area contributed by atoms with Crippen LogP contribution < -0.4 is 9.47 Å². The topological polar surface area (TPSA) is 55.8 Å². The van der Waals surface area contributed by atoms with Crippen LogP contribution in [0.4, 0.5) is 0 Å². The van der Waals surface area contributed by atoms with Gasteiger partial charge in [0.2, 0.25) is 6.29 Å². The lowest BCUT2D eigenvalue weighted by atomic mass is 10.2. The van der Waals surface area contributed by atoms with Gasteiger partial charge >= 0.3 is 5.97 Å². The molecule has 1 atom stereocenters. The largest absolute Gasteiger partial charge is 0.478 e. The molecule has 0 fully saturated rings. The smallest absolute Gasteiger partial charge is 0.339 e. The third-order valence-corrected chi connectivity index (χ3v) is 2.46. The fourth-order valence-electron chi connectivity index (χ4n) is 1.64. The number of aromatic carboxylic acids is 1. The number of para-hydroxylation sites is 2. The lowest BCUT2D eigenvalue weighted by Crippen LogP contribution is -2.20. The van der Waals surface area contributed by atoms with Crippen molar-refractivity contribution in [3.05, 3.63) is 60.2 Å². The van der Waals surface area contributed by atoms with Crippen LogP contribution >= 0.6 is 0 Å². The number of hydrogen-bond donors (Lipinski definition) is 1. The first kappa shape index (κ1) is 13.0. The Morgan fingerprint density at radius 3 is 2.32 bits per heavy atom. The Hall–Kier alpha value is -2.49. The second-order valence-electron chi connectivity index (χ2n) is 3.92. The van der Waals surface area contributed by atoms with Crippen LogP contribution in [0.15, 0.2) is 54.6 Å². The van der Waals surface area contributed by atoms with Crippen LogP contribution in [-0.2, 0) is 0 Å². The SMILES string of the molecule is CC(Oc1ccccc1)Oc1ccccc1C(=O)O. The maximum absolute atomic E-state index is 11.0. The average Bonchev–Trinajstić information content (AvgIpc) is 2.40. The molecule has 0 bridgehead atoms. The first-order chi connectivity index (χ1) is 9.16. The molecule has 0 saturated heterocycles. The van der Waals surface area contributed by atoms with E-state index < -0.39 is 12.3 Å². The van der Waals surface area contributed by atoms with Gasteiger partial charge in [0.05, 0.1) is 0 Å². The van der Waals surface area contributed by atoms with Crippen molar-refractivity contribution in [3.63, 3.8) is 0 Å². The van der Waals surface area contributed by atoms with Gasteiger partial charge in [0, 0.05) is 6.92 Å². The molecule has 2 rings (SSSR count). The summed E-state index contributed by atoms with van der Waals surface area (Å²) in [5.74, 6) is -0.0660. The van der Waals surface area contributed by atoms with Gasteiger partial charge in [-0.3, -0.25) is 0 Å². The summed E-state index contributed by atoms with van der Waals surface area (Å²) in [5, 5.41) is 9.05. The molecule has 0 radical (unpaired) electrons. The van der Waals surface area contributed by atoms with Crippen LogP contribution in [0.1, 0.15) is 17.3 Å². The Kier molecular flexibility index (Phi) is 4.03. The van der Waals surface area contributed by atoms with Gasteiger partial charge in [-0.25, -0.2) is 4.79 Å². The van der Waals surface area contributed by atoms with Gasteiger partial charge in [0.25, 0.3) is 0 Å². The Labute approximate surface area is 111 Å². The van der Waals surface area contributed by atoms with Crippen molar-refractivity contribution in [2.45, 2.75) is 13.2 Å². The van der Waals surface area contributed by atoms with E-state index in [0.717, 1.165) is 0 Å². The van der Waals surface area contributed by atoms with Crippen LogP contribution in [0.25, 0.3) is 0 Å². The third kappa shape index (κ3) is 3.48. The molecule has 0 aliphatic carbocycles. The Morgan fingerprint density at radius 2 is 1.63 bits per heavy atom. The number of carboxylic acids is 1. The number of hydrogen-bond acceptors (Lipinski definition) is 3. The number of carbonyl (C=O) groups is 1. The molecule has 98 valence electrons. The fourth-order valence-corrected chi connectivity index (χ4v) is 1.64. The molecule has 0 aliphatic rings. The minimum Gasteiger partial charge on any atom is -0.478 e. The first-order valence-corrected chi connectivity index (χ1v) is 5.87. The Bertz CT molecular complexity index is 551. The molecule has 0 aromatic heterocycles. The lowest BCUT2D eigenvalue weighted by molar-refractivity contribution is 0.0209. The summed E-state index contributed by atoms with van der Waals surface area (Å²) in [5.41, 5.74) is 0.117. The minimum absolute atomic E-state index is 0.117. The summed E-state index contributed by atoms with van der Waals surface area (Å²) in [6.07, 6.45) is -0.581. The number of ether oxygens (including phenoxy) is 2. The summed E-state index contributed by atoms with van der Waals surface area (Å²) in [6, 6.07) is 15.7. The van der Waals surface area contributed by atoms with Crippen molar-refractivity contribution >= 4 is 5.97 Å². The van der Waals surface area contributed by atoms with Crippen LogP contribution in [0.3, 0.4) is 0 Å². The van der Waals surface area contributed by atoms with Crippen LogP contribution in [0.5, 0.6) is 11.5 Å². The van der Waals surface area contributed by atoms with E-state index in [1.54, 1.807) is 25.1 Å². The molecule has 0 saturated carbocycles. The van der Waals surface area contributed by atoms with Crippen LogP contribution in [-0.4, -0.2) is 17.4 Å². The quantitative estimate of drug-likeness (QED) is 0.837. The van der Waals surface area contributed by atoms with Crippen molar-refractivity contribution in [1.82, 2.24) is 0 Å². The molecule has 0 aliphatic heterocycles. The molecule has 2 aromatic rings. The van der Waals surface area contributed by atoms with Gasteiger partial charge in [0.1, 0.15) is 17.1 Å². The highest BCUT2D eigenvalue weighted by molar-refractivity contribution is 5.90. The third-order valence-electron chi connectivity index (χ3n) is 2.46. The van der Waals surface area contributed by atoms with Crippen LogP contribution in [0.2, 0.25) is 0 Å². The summed E-state index contributed by atoms with van der Waals surface area (Å²) >= 11 is 0. The van der Waals surface area contributed by atoms with Gasteiger partial charge in [0.15, 0.2) is 0 Å². The molecule has 2 aromatic carbocycles. The molecule has 4 heteroatoms. The monoisotopic (exact) mass is 258 g/mol. The minimum atomic E-state index is -1.03. The Morgan fingerprint density at radius 1 is 1.00 bits per heavy atom. The van der Waals surface area contributed by atoms with E-state index in [4.69, 9.17) is 14.6 Å². The number of benzene rings is 2. The van der Waals surface area contributed by atoms with Gasteiger partial charge < -0.3 is 14.6 Å². The summed E-state index contributed by atoms with van der Waals surface area (Å²) in [4.78, 5) is 11.0. The van der Waals surface area contributed by atoms with E-state index in [9.17, 15) is 4.79 Å². The van der Waals surface area contributed by atoms with Crippen molar-refractivity contribution in [2.75, 3.05) is 0 Å². The van der Waals surface area contributed by atoms with Gasteiger partial charge in [-0.05, 0) is 24.3 Å². The van der Waals surface area contributed by atoms with E-state index in [1.807, 2.05) is 30.3 Å². The molecule has 1 N–H and O–H groups in total. The zero-order valence-electron chi connectivity index (χ0n) is 10.4. The van der Waals surface area contributed by atoms with Gasteiger partial charge in [-0.2, -0.15) is 0 Å². The van der Waals surface area contributed by atoms with E-state index in [1.165, 1.54) is 6.07 Å². The summed E-state index contributed by atoms with van der Waals surface area (Å²) in [6.45, 7) is 1.71. The van der Waals surface area contributed by atoms with Crippen molar-refractivity contribution in [1.29, 1.82) is 0 Å². The van der Waals surface area contributed by atoms with E-state index in [2.05, 4.69) is 0 Å². The fraction of sp³-hybridized carbons (Fsp3) is 0.133. The van der Waals surface area contributed by atoms with E-state index >= 15 is 0 Å². The normalized spacial score (nSPS) is 11.6. The second-order valence-corrected chi connectivity index (χ2v) is 3.92. The van der Waals surface area contributed by atoms with Gasteiger partial charge in [-0.1, -0.05) is 30.3 Å². The zero-order chi connectivity index (χ0) is 13.7.